The van der Waals surface area contributed by atoms with E-state index in [0.29, 0.717) is 0 Å². The van der Waals surface area contributed by atoms with Crippen LogP contribution in [-0.4, -0.2) is 12.0 Å². The van der Waals surface area contributed by atoms with Gasteiger partial charge in [0, 0.05) is 12.0 Å². The standard InChI is InChI=1S/C9H11ClO2/c10-7-3-5-12-9(6-7)8-2-1-4-11-8/h1-2,4,7,9H,3,5-6H2/t7-,9+/m1/s1. The first-order valence-corrected chi connectivity index (χ1v) is 4.59. The van der Waals surface area contributed by atoms with Gasteiger partial charge in [0.05, 0.1) is 6.26 Å². The minimum Gasteiger partial charge on any atom is -0.467 e. The molecule has 0 spiro atoms. The molecule has 0 saturated carbocycles. The lowest BCUT2D eigenvalue weighted by molar-refractivity contribution is 0.00369. The molecular weight excluding hydrogens is 176 g/mol. The van der Waals surface area contributed by atoms with Crippen LogP contribution < -0.4 is 0 Å². The van der Waals surface area contributed by atoms with Gasteiger partial charge in [0.2, 0.25) is 0 Å². The molecule has 0 bridgehead atoms. The summed E-state index contributed by atoms with van der Waals surface area (Å²) >= 11 is 6.01. The molecule has 0 aliphatic carbocycles. The highest BCUT2D eigenvalue weighted by Crippen LogP contribution is 2.30. The topological polar surface area (TPSA) is 22.4 Å². The third kappa shape index (κ3) is 1.65. The van der Waals surface area contributed by atoms with Crippen LogP contribution in [0, 0.1) is 0 Å². The fraction of sp³-hybridized carbons (Fsp3) is 0.556. The first-order chi connectivity index (χ1) is 5.86. The lowest BCUT2D eigenvalue weighted by Gasteiger charge is -2.24. The van der Waals surface area contributed by atoms with Gasteiger partial charge in [0.25, 0.3) is 0 Å². The summed E-state index contributed by atoms with van der Waals surface area (Å²) in [4.78, 5) is 0. The molecule has 2 rings (SSSR count). The fourth-order valence-electron chi connectivity index (χ4n) is 1.43. The Hall–Kier alpha value is -0.470. The van der Waals surface area contributed by atoms with Crippen molar-refractivity contribution in [2.45, 2.75) is 24.3 Å². The van der Waals surface area contributed by atoms with Gasteiger partial charge in [0.1, 0.15) is 11.9 Å². The Morgan fingerprint density at radius 1 is 1.50 bits per heavy atom. The molecule has 0 amide bonds. The Morgan fingerprint density at radius 3 is 3.08 bits per heavy atom. The van der Waals surface area contributed by atoms with Gasteiger partial charge < -0.3 is 9.15 Å². The second-order valence-corrected chi connectivity index (χ2v) is 3.61. The van der Waals surface area contributed by atoms with E-state index in [1.807, 2.05) is 12.1 Å². The first kappa shape index (κ1) is 8.14. The van der Waals surface area contributed by atoms with Crippen LogP contribution in [0.3, 0.4) is 0 Å². The summed E-state index contributed by atoms with van der Waals surface area (Å²) in [6.07, 6.45) is 3.53. The molecule has 0 radical (unpaired) electrons. The Kier molecular flexibility index (Phi) is 2.38. The van der Waals surface area contributed by atoms with Crippen LogP contribution in [0.15, 0.2) is 22.8 Å². The van der Waals surface area contributed by atoms with Gasteiger partial charge in [-0.25, -0.2) is 0 Å². The van der Waals surface area contributed by atoms with E-state index in [2.05, 4.69) is 0 Å². The van der Waals surface area contributed by atoms with Crippen molar-refractivity contribution in [2.24, 2.45) is 0 Å². The zero-order chi connectivity index (χ0) is 8.39. The normalized spacial score (nSPS) is 30.4. The van der Waals surface area contributed by atoms with Crippen LogP contribution in [0.25, 0.3) is 0 Å². The van der Waals surface area contributed by atoms with Crippen molar-refractivity contribution < 1.29 is 9.15 Å². The average molecular weight is 187 g/mol. The molecule has 1 fully saturated rings. The molecule has 1 aliphatic heterocycles. The molecule has 0 aromatic carbocycles. The quantitative estimate of drug-likeness (QED) is 0.630. The van der Waals surface area contributed by atoms with Gasteiger partial charge in [-0.2, -0.15) is 0 Å². The third-order valence-electron chi connectivity index (χ3n) is 2.08. The molecule has 1 saturated heterocycles. The SMILES string of the molecule is Cl[C@@H]1CCO[C@H](c2ccco2)C1. The van der Waals surface area contributed by atoms with Crippen LogP contribution in [-0.2, 0) is 4.74 Å². The molecule has 2 nitrogen and oxygen atoms in total. The number of hydrogen-bond donors (Lipinski definition) is 0. The maximum atomic E-state index is 6.01. The van der Waals surface area contributed by atoms with Crippen LogP contribution in [0.2, 0.25) is 0 Å². The fourth-order valence-corrected chi connectivity index (χ4v) is 1.68. The highest BCUT2D eigenvalue weighted by molar-refractivity contribution is 6.20. The Balaban J connectivity index is 2.04. The third-order valence-corrected chi connectivity index (χ3v) is 2.48. The lowest BCUT2D eigenvalue weighted by atomic mass is 10.1. The Labute approximate surface area is 76.5 Å². The van der Waals surface area contributed by atoms with E-state index in [-0.39, 0.29) is 11.5 Å². The van der Waals surface area contributed by atoms with Crippen molar-refractivity contribution in [1.29, 1.82) is 0 Å². The average Bonchev–Trinajstić information content (AvgIpc) is 2.56. The predicted octanol–water partition coefficient (Wildman–Crippen LogP) is 2.74. The van der Waals surface area contributed by atoms with Gasteiger partial charge in [-0.3, -0.25) is 0 Å². The van der Waals surface area contributed by atoms with Gasteiger partial charge in [-0.1, -0.05) is 0 Å². The van der Waals surface area contributed by atoms with Gasteiger partial charge in [-0.15, -0.1) is 11.6 Å². The van der Waals surface area contributed by atoms with Crippen molar-refractivity contribution in [3.63, 3.8) is 0 Å². The van der Waals surface area contributed by atoms with Crippen molar-refractivity contribution in [3.05, 3.63) is 24.2 Å². The summed E-state index contributed by atoms with van der Waals surface area (Å²) in [6, 6.07) is 3.80. The highest BCUT2D eigenvalue weighted by Gasteiger charge is 2.23. The largest absolute Gasteiger partial charge is 0.467 e. The lowest BCUT2D eigenvalue weighted by Crippen LogP contribution is -2.19. The summed E-state index contributed by atoms with van der Waals surface area (Å²) in [5.41, 5.74) is 0. The molecule has 1 aliphatic rings. The maximum absolute atomic E-state index is 6.01. The Bertz CT molecular complexity index is 233. The van der Waals surface area contributed by atoms with Crippen molar-refractivity contribution in [1.82, 2.24) is 0 Å². The number of furan rings is 1. The monoisotopic (exact) mass is 186 g/mol. The second kappa shape index (κ2) is 3.50. The number of rotatable bonds is 1. The number of halogens is 1. The van der Waals surface area contributed by atoms with E-state index in [1.165, 1.54) is 0 Å². The number of ether oxygens (including phenoxy) is 1. The van der Waals surface area contributed by atoms with Crippen molar-refractivity contribution in [2.75, 3.05) is 6.61 Å². The molecule has 1 aromatic rings. The molecule has 3 heteroatoms. The van der Waals surface area contributed by atoms with Crippen LogP contribution in [0.5, 0.6) is 0 Å². The molecule has 1 aromatic heterocycles. The zero-order valence-electron chi connectivity index (χ0n) is 6.70. The summed E-state index contributed by atoms with van der Waals surface area (Å²) < 4.78 is 10.8. The summed E-state index contributed by atoms with van der Waals surface area (Å²) in [5.74, 6) is 0.889. The summed E-state index contributed by atoms with van der Waals surface area (Å²) in [6.45, 7) is 0.736. The molecular formula is C9H11ClO2. The molecule has 66 valence electrons. The Morgan fingerprint density at radius 2 is 2.42 bits per heavy atom. The summed E-state index contributed by atoms with van der Waals surface area (Å²) in [7, 11) is 0. The highest BCUT2D eigenvalue weighted by atomic mass is 35.5. The van der Waals surface area contributed by atoms with Gasteiger partial charge in [-0.05, 0) is 25.0 Å². The van der Waals surface area contributed by atoms with E-state index >= 15 is 0 Å². The minimum absolute atomic E-state index is 0.0660. The molecule has 12 heavy (non-hydrogen) atoms. The molecule has 2 atom stereocenters. The van der Waals surface area contributed by atoms with Gasteiger partial charge in [0.15, 0.2) is 0 Å². The van der Waals surface area contributed by atoms with Crippen molar-refractivity contribution >= 4 is 11.6 Å². The number of alkyl halides is 1. The van der Waals surface area contributed by atoms with Gasteiger partial charge >= 0.3 is 0 Å². The van der Waals surface area contributed by atoms with Crippen LogP contribution in [0.1, 0.15) is 24.7 Å². The van der Waals surface area contributed by atoms with E-state index in [0.717, 1.165) is 25.2 Å². The van der Waals surface area contributed by atoms with E-state index < -0.39 is 0 Å². The first-order valence-electron chi connectivity index (χ1n) is 4.15. The predicted molar refractivity (Wildman–Crippen MR) is 46.3 cm³/mol. The zero-order valence-corrected chi connectivity index (χ0v) is 7.46. The van der Waals surface area contributed by atoms with Crippen molar-refractivity contribution in [3.8, 4) is 0 Å². The number of hydrogen-bond acceptors (Lipinski definition) is 2. The summed E-state index contributed by atoms with van der Waals surface area (Å²) in [5, 5.41) is 0.230. The smallest absolute Gasteiger partial charge is 0.132 e. The maximum Gasteiger partial charge on any atom is 0.132 e. The molecule has 0 unspecified atom stereocenters. The van der Waals surface area contributed by atoms with E-state index in [4.69, 9.17) is 20.8 Å². The van der Waals surface area contributed by atoms with E-state index in [9.17, 15) is 0 Å². The van der Waals surface area contributed by atoms with Crippen LogP contribution in [0.4, 0.5) is 0 Å². The molecule has 0 N–H and O–H groups in total. The van der Waals surface area contributed by atoms with Crippen LogP contribution >= 0.6 is 11.6 Å². The second-order valence-electron chi connectivity index (χ2n) is 3.00. The molecule has 2 heterocycles. The van der Waals surface area contributed by atoms with E-state index in [1.54, 1.807) is 6.26 Å². The minimum atomic E-state index is 0.0660.